The highest BCUT2D eigenvalue weighted by atomic mass is 16.4. The smallest absolute Gasteiger partial charge is 0.336 e. The summed E-state index contributed by atoms with van der Waals surface area (Å²) in [6, 6.07) is 19.7. The summed E-state index contributed by atoms with van der Waals surface area (Å²) in [5.41, 5.74) is 9.49. The van der Waals surface area contributed by atoms with Crippen molar-refractivity contribution in [3.8, 4) is 22.5 Å². The van der Waals surface area contributed by atoms with Crippen molar-refractivity contribution in [3.05, 3.63) is 101 Å². The number of allylic oxidation sites excluding steroid dienone is 1. The molecule has 5 rings (SSSR count). The number of benzene rings is 3. The van der Waals surface area contributed by atoms with Crippen LogP contribution in [0.4, 0.5) is 0 Å². The second-order valence-corrected chi connectivity index (χ2v) is 10.0. The number of imidazole rings is 2. The Morgan fingerprint density at radius 3 is 2.44 bits per heavy atom. The van der Waals surface area contributed by atoms with E-state index in [1.54, 1.807) is 12.1 Å². The topological polar surface area (TPSA) is 72.9 Å². The van der Waals surface area contributed by atoms with Gasteiger partial charge in [-0.05, 0) is 73.7 Å². The minimum atomic E-state index is -0.921. The first-order valence-electron chi connectivity index (χ1n) is 13.4. The van der Waals surface area contributed by atoms with Gasteiger partial charge in [0.05, 0.1) is 22.3 Å². The third-order valence-electron chi connectivity index (χ3n) is 7.36. The van der Waals surface area contributed by atoms with Crippen molar-refractivity contribution in [2.24, 2.45) is 7.05 Å². The zero-order chi connectivity index (χ0) is 27.7. The van der Waals surface area contributed by atoms with Crippen LogP contribution < -0.4 is 0 Å². The van der Waals surface area contributed by atoms with Crippen molar-refractivity contribution in [1.82, 2.24) is 19.1 Å². The van der Waals surface area contributed by atoms with E-state index in [0.717, 1.165) is 74.7 Å². The van der Waals surface area contributed by atoms with E-state index in [1.165, 1.54) is 0 Å². The zero-order valence-electron chi connectivity index (χ0n) is 23.2. The number of nitrogens with zero attached hydrogens (tertiary/aromatic N) is 4. The number of aromatic carboxylic acids is 1. The number of aromatic nitrogens is 4. The van der Waals surface area contributed by atoms with Gasteiger partial charge in [-0.2, -0.15) is 0 Å². The Morgan fingerprint density at radius 2 is 1.74 bits per heavy atom. The summed E-state index contributed by atoms with van der Waals surface area (Å²) in [5.74, 6) is 1.09. The summed E-state index contributed by atoms with van der Waals surface area (Å²) in [6.45, 7) is 9.08. The first-order valence-corrected chi connectivity index (χ1v) is 13.4. The van der Waals surface area contributed by atoms with Gasteiger partial charge in [0.2, 0.25) is 0 Å². The molecule has 0 fully saturated rings. The summed E-state index contributed by atoms with van der Waals surface area (Å²) in [4.78, 5) is 21.7. The van der Waals surface area contributed by atoms with Crippen molar-refractivity contribution in [1.29, 1.82) is 0 Å². The van der Waals surface area contributed by atoms with Crippen LogP contribution in [0.25, 0.3) is 39.6 Å². The van der Waals surface area contributed by atoms with E-state index in [2.05, 4.69) is 61.2 Å². The van der Waals surface area contributed by atoms with Crippen molar-refractivity contribution < 1.29 is 9.90 Å². The lowest BCUT2D eigenvalue weighted by atomic mass is 9.98. The maximum absolute atomic E-state index is 11.7. The molecule has 0 bridgehead atoms. The molecule has 0 amide bonds. The molecule has 0 aliphatic carbocycles. The van der Waals surface area contributed by atoms with Gasteiger partial charge in [0, 0.05) is 31.3 Å². The molecule has 1 N–H and O–H groups in total. The van der Waals surface area contributed by atoms with Crippen LogP contribution in [-0.2, 0) is 20.0 Å². The highest BCUT2D eigenvalue weighted by molar-refractivity contribution is 5.96. The standard InChI is InChI=1S/C33H34N4O2/c1-6-10-28-22(4)36(5)32(34-28)25-18-21(3)31-29(19-25)37(30(35-31)11-7-2)20-23-14-16-24(17-15-23)26-12-8-9-13-27(26)33(38)39/h6,8-10,12-19H,7,11,20H2,1-5H3,(H,38,39)/b10-6-. The number of rotatable bonds is 8. The number of fused-ring (bicyclic) bond motifs is 1. The summed E-state index contributed by atoms with van der Waals surface area (Å²) in [5, 5.41) is 9.60. The molecule has 5 aromatic rings. The van der Waals surface area contributed by atoms with Gasteiger partial charge in [-0.3, -0.25) is 0 Å². The number of aryl methyl sites for hydroxylation is 2. The van der Waals surface area contributed by atoms with E-state index in [0.29, 0.717) is 12.1 Å². The molecular weight excluding hydrogens is 484 g/mol. The van der Waals surface area contributed by atoms with Crippen LogP contribution in [0.5, 0.6) is 0 Å². The van der Waals surface area contributed by atoms with Gasteiger partial charge in [0.1, 0.15) is 11.6 Å². The molecule has 0 spiro atoms. The van der Waals surface area contributed by atoms with E-state index < -0.39 is 5.97 Å². The predicted octanol–water partition coefficient (Wildman–Crippen LogP) is 7.45. The first-order chi connectivity index (χ1) is 18.8. The molecule has 39 heavy (non-hydrogen) atoms. The van der Waals surface area contributed by atoms with Gasteiger partial charge < -0.3 is 14.2 Å². The van der Waals surface area contributed by atoms with Gasteiger partial charge in [-0.15, -0.1) is 0 Å². The number of carbonyl (C=O) groups is 1. The predicted molar refractivity (Wildman–Crippen MR) is 158 cm³/mol. The highest BCUT2D eigenvalue weighted by Gasteiger charge is 2.18. The number of carboxylic acid groups (broad SMARTS) is 1. The van der Waals surface area contributed by atoms with Crippen molar-refractivity contribution >= 4 is 23.1 Å². The fourth-order valence-electron chi connectivity index (χ4n) is 5.23. The maximum Gasteiger partial charge on any atom is 0.336 e. The SMILES string of the molecule is C/C=C\c1nc(-c2cc(C)c3nc(CCC)n(Cc4ccc(-c5ccccc5C(=O)O)cc4)c3c2)n(C)c1C. The maximum atomic E-state index is 11.7. The minimum Gasteiger partial charge on any atom is -0.478 e. The summed E-state index contributed by atoms with van der Waals surface area (Å²) >= 11 is 0. The molecule has 6 heteroatoms. The van der Waals surface area contributed by atoms with Gasteiger partial charge in [-0.1, -0.05) is 55.5 Å². The molecule has 0 aliphatic heterocycles. The molecule has 0 unspecified atom stereocenters. The quantitative estimate of drug-likeness (QED) is 0.231. The summed E-state index contributed by atoms with van der Waals surface area (Å²) in [7, 11) is 2.06. The first kappa shape index (κ1) is 26.2. The third kappa shape index (κ3) is 4.90. The molecule has 0 saturated carbocycles. The Bertz CT molecular complexity index is 1700. The molecule has 0 saturated heterocycles. The molecule has 2 heterocycles. The zero-order valence-corrected chi connectivity index (χ0v) is 23.2. The molecule has 0 aliphatic rings. The minimum absolute atomic E-state index is 0.307. The molecule has 0 radical (unpaired) electrons. The van der Waals surface area contributed by atoms with Crippen LogP contribution in [0.3, 0.4) is 0 Å². The van der Waals surface area contributed by atoms with E-state index in [-0.39, 0.29) is 0 Å². The van der Waals surface area contributed by atoms with Crippen LogP contribution in [0.2, 0.25) is 0 Å². The fourth-order valence-corrected chi connectivity index (χ4v) is 5.23. The van der Waals surface area contributed by atoms with Crippen LogP contribution in [0, 0.1) is 13.8 Å². The van der Waals surface area contributed by atoms with Crippen molar-refractivity contribution in [3.63, 3.8) is 0 Å². The highest BCUT2D eigenvalue weighted by Crippen LogP contribution is 2.31. The lowest BCUT2D eigenvalue weighted by Crippen LogP contribution is -2.05. The second kappa shape index (κ2) is 10.7. The Balaban J connectivity index is 1.57. The van der Waals surface area contributed by atoms with E-state index in [9.17, 15) is 9.90 Å². The number of carboxylic acids is 1. The summed E-state index contributed by atoms with van der Waals surface area (Å²) < 4.78 is 4.47. The molecular formula is C33H34N4O2. The van der Waals surface area contributed by atoms with E-state index in [4.69, 9.17) is 9.97 Å². The monoisotopic (exact) mass is 518 g/mol. The lowest BCUT2D eigenvalue weighted by Gasteiger charge is -2.12. The number of hydrogen-bond donors (Lipinski definition) is 1. The molecule has 6 nitrogen and oxygen atoms in total. The molecule has 0 atom stereocenters. The number of hydrogen-bond acceptors (Lipinski definition) is 3. The van der Waals surface area contributed by atoms with Gasteiger partial charge in [0.15, 0.2) is 0 Å². The normalized spacial score (nSPS) is 11.6. The largest absolute Gasteiger partial charge is 0.478 e. The lowest BCUT2D eigenvalue weighted by molar-refractivity contribution is 0.0697. The third-order valence-corrected chi connectivity index (χ3v) is 7.36. The average molecular weight is 519 g/mol. The Kier molecular flexibility index (Phi) is 7.20. The van der Waals surface area contributed by atoms with Crippen molar-refractivity contribution in [2.45, 2.75) is 47.1 Å². The molecule has 2 aromatic heterocycles. The van der Waals surface area contributed by atoms with E-state index in [1.807, 2.05) is 43.3 Å². The average Bonchev–Trinajstić information content (AvgIpc) is 3.42. The molecule has 3 aromatic carbocycles. The Hall–Kier alpha value is -4.45. The van der Waals surface area contributed by atoms with Gasteiger partial charge in [0.25, 0.3) is 0 Å². The van der Waals surface area contributed by atoms with Crippen LogP contribution in [0.15, 0.2) is 66.7 Å². The Labute approximate surface area is 229 Å². The van der Waals surface area contributed by atoms with Crippen molar-refractivity contribution in [2.75, 3.05) is 0 Å². The molecule has 198 valence electrons. The van der Waals surface area contributed by atoms with Crippen LogP contribution in [-0.4, -0.2) is 30.2 Å². The Morgan fingerprint density at radius 1 is 1.00 bits per heavy atom. The van der Waals surface area contributed by atoms with Gasteiger partial charge >= 0.3 is 5.97 Å². The van der Waals surface area contributed by atoms with Gasteiger partial charge in [-0.25, -0.2) is 14.8 Å². The van der Waals surface area contributed by atoms with E-state index >= 15 is 0 Å². The second-order valence-electron chi connectivity index (χ2n) is 10.0. The fraction of sp³-hybridized carbons (Fsp3) is 0.242. The van der Waals surface area contributed by atoms with Crippen LogP contribution in [0.1, 0.15) is 59.0 Å². The summed E-state index contributed by atoms with van der Waals surface area (Å²) in [6.07, 6.45) is 5.96. The van der Waals surface area contributed by atoms with Crippen LogP contribution >= 0.6 is 0 Å².